The Labute approximate surface area is 125 Å². The molecule has 0 aromatic heterocycles. The second kappa shape index (κ2) is 6.38. The SMILES string of the molecule is CC1CCCC(N)(CN(C)Cc2cccc(Br)c2)C1. The molecule has 1 saturated carbocycles. The van der Waals surface area contributed by atoms with Crippen molar-refractivity contribution < 1.29 is 0 Å². The van der Waals surface area contributed by atoms with Crippen LogP contribution in [0, 0.1) is 5.92 Å². The van der Waals surface area contributed by atoms with Crippen LogP contribution in [0.4, 0.5) is 0 Å². The number of hydrogen-bond acceptors (Lipinski definition) is 2. The summed E-state index contributed by atoms with van der Waals surface area (Å²) in [6.45, 7) is 4.28. The largest absolute Gasteiger partial charge is 0.324 e. The fourth-order valence-electron chi connectivity index (χ4n) is 3.38. The van der Waals surface area contributed by atoms with Crippen molar-refractivity contribution in [3.8, 4) is 0 Å². The van der Waals surface area contributed by atoms with Crippen molar-refractivity contribution in [2.75, 3.05) is 13.6 Å². The van der Waals surface area contributed by atoms with Crippen LogP contribution in [-0.2, 0) is 6.54 Å². The van der Waals surface area contributed by atoms with Crippen molar-refractivity contribution >= 4 is 15.9 Å². The molecule has 2 rings (SSSR count). The first-order valence-electron chi connectivity index (χ1n) is 7.19. The summed E-state index contributed by atoms with van der Waals surface area (Å²) in [6, 6.07) is 8.52. The summed E-state index contributed by atoms with van der Waals surface area (Å²) in [5.74, 6) is 0.776. The summed E-state index contributed by atoms with van der Waals surface area (Å²) in [5.41, 5.74) is 7.93. The molecule has 2 nitrogen and oxygen atoms in total. The second-order valence-electron chi connectivity index (χ2n) is 6.37. The lowest BCUT2D eigenvalue weighted by Crippen LogP contribution is -2.51. The summed E-state index contributed by atoms with van der Waals surface area (Å²) in [7, 11) is 2.18. The van der Waals surface area contributed by atoms with Crippen molar-refractivity contribution in [2.45, 2.75) is 44.7 Å². The summed E-state index contributed by atoms with van der Waals surface area (Å²) >= 11 is 3.53. The van der Waals surface area contributed by atoms with Gasteiger partial charge in [0, 0.05) is 23.1 Å². The van der Waals surface area contributed by atoms with E-state index in [0.717, 1.165) is 29.9 Å². The molecule has 1 fully saturated rings. The van der Waals surface area contributed by atoms with Gasteiger partial charge in [-0.05, 0) is 43.5 Å². The average molecular weight is 325 g/mol. The molecule has 0 radical (unpaired) electrons. The quantitative estimate of drug-likeness (QED) is 0.913. The Kier molecular flexibility index (Phi) is 5.04. The first-order valence-corrected chi connectivity index (χ1v) is 7.98. The monoisotopic (exact) mass is 324 g/mol. The normalized spacial score (nSPS) is 27.7. The Hall–Kier alpha value is -0.380. The Morgan fingerprint density at radius 3 is 2.95 bits per heavy atom. The fraction of sp³-hybridized carbons (Fsp3) is 0.625. The van der Waals surface area contributed by atoms with Gasteiger partial charge in [-0.25, -0.2) is 0 Å². The van der Waals surface area contributed by atoms with Crippen molar-refractivity contribution in [3.63, 3.8) is 0 Å². The van der Waals surface area contributed by atoms with Crippen molar-refractivity contribution in [1.29, 1.82) is 0 Å². The van der Waals surface area contributed by atoms with Gasteiger partial charge < -0.3 is 10.6 Å². The maximum Gasteiger partial charge on any atom is 0.0285 e. The highest BCUT2D eigenvalue weighted by molar-refractivity contribution is 9.10. The van der Waals surface area contributed by atoms with E-state index in [1.54, 1.807) is 0 Å². The molecule has 3 heteroatoms. The molecule has 1 aromatic carbocycles. The number of rotatable bonds is 4. The third-order valence-electron chi connectivity index (χ3n) is 4.05. The minimum absolute atomic E-state index is 0.0123. The van der Waals surface area contributed by atoms with E-state index in [0.29, 0.717) is 0 Å². The van der Waals surface area contributed by atoms with Gasteiger partial charge in [0.05, 0.1) is 0 Å². The molecule has 0 saturated heterocycles. The molecular formula is C16H25BrN2. The molecule has 106 valence electrons. The molecule has 1 aromatic rings. The van der Waals surface area contributed by atoms with Crippen LogP contribution in [0.2, 0.25) is 0 Å². The van der Waals surface area contributed by atoms with Crippen molar-refractivity contribution in [2.24, 2.45) is 11.7 Å². The zero-order chi connectivity index (χ0) is 13.9. The lowest BCUT2D eigenvalue weighted by molar-refractivity contribution is 0.165. The number of benzene rings is 1. The lowest BCUT2D eigenvalue weighted by atomic mass is 9.77. The van der Waals surface area contributed by atoms with Crippen LogP contribution in [0.25, 0.3) is 0 Å². The van der Waals surface area contributed by atoms with E-state index in [1.807, 2.05) is 0 Å². The minimum Gasteiger partial charge on any atom is -0.324 e. The van der Waals surface area contributed by atoms with Gasteiger partial charge >= 0.3 is 0 Å². The van der Waals surface area contributed by atoms with Crippen molar-refractivity contribution in [1.82, 2.24) is 4.90 Å². The van der Waals surface area contributed by atoms with E-state index in [-0.39, 0.29) is 5.54 Å². The van der Waals surface area contributed by atoms with Crippen LogP contribution in [0.1, 0.15) is 38.2 Å². The van der Waals surface area contributed by atoms with E-state index in [1.165, 1.54) is 24.8 Å². The highest BCUT2D eigenvalue weighted by Crippen LogP contribution is 2.31. The molecule has 0 spiro atoms. The van der Waals surface area contributed by atoms with Crippen LogP contribution in [0.3, 0.4) is 0 Å². The molecule has 2 N–H and O–H groups in total. The van der Waals surface area contributed by atoms with Gasteiger partial charge in [0.25, 0.3) is 0 Å². The summed E-state index contributed by atoms with van der Waals surface area (Å²) in [6.07, 6.45) is 4.95. The molecule has 1 aliphatic rings. The lowest BCUT2D eigenvalue weighted by Gasteiger charge is -2.39. The van der Waals surface area contributed by atoms with Gasteiger partial charge in [0.2, 0.25) is 0 Å². The van der Waals surface area contributed by atoms with Crippen LogP contribution < -0.4 is 5.73 Å². The number of halogens is 1. The van der Waals surface area contributed by atoms with E-state index < -0.39 is 0 Å². The predicted octanol–water partition coefficient (Wildman–Crippen LogP) is 3.79. The molecule has 0 aliphatic heterocycles. The standard InChI is InChI=1S/C16H25BrN2/c1-13-5-4-8-16(18,10-13)12-19(2)11-14-6-3-7-15(17)9-14/h3,6-7,9,13H,4-5,8,10-12,18H2,1-2H3. The van der Waals surface area contributed by atoms with Gasteiger partial charge in [-0.1, -0.05) is 47.8 Å². The smallest absolute Gasteiger partial charge is 0.0285 e. The fourth-order valence-corrected chi connectivity index (χ4v) is 3.83. The molecular weight excluding hydrogens is 300 g/mol. The van der Waals surface area contributed by atoms with Gasteiger partial charge in [0.15, 0.2) is 0 Å². The minimum atomic E-state index is 0.0123. The maximum absolute atomic E-state index is 6.58. The van der Waals surface area contributed by atoms with Gasteiger partial charge in [0.1, 0.15) is 0 Å². The zero-order valence-corrected chi connectivity index (χ0v) is 13.6. The molecule has 0 heterocycles. The molecule has 19 heavy (non-hydrogen) atoms. The highest BCUT2D eigenvalue weighted by Gasteiger charge is 2.31. The first kappa shape index (κ1) is 15.0. The topological polar surface area (TPSA) is 29.3 Å². The van der Waals surface area contributed by atoms with Crippen LogP contribution in [0.15, 0.2) is 28.7 Å². The van der Waals surface area contributed by atoms with E-state index >= 15 is 0 Å². The zero-order valence-electron chi connectivity index (χ0n) is 12.0. The van der Waals surface area contributed by atoms with Crippen LogP contribution in [-0.4, -0.2) is 24.0 Å². The van der Waals surface area contributed by atoms with Gasteiger partial charge in [-0.15, -0.1) is 0 Å². The Balaban J connectivity index is 1.91. The van der Waals surface area contributed by atoms with Crippen molar-refractivity contribution in [3.05, 3.63) is 34.3 Å². The van der Waals surface area contributed by atoms with E-state index in [9.17, 15) is 0 Å². The first-order chi connectivity index (χ1) is 8.97. The number of nitrogens with two attached hydrogens (primary N) is 1. The Morgan fingerprint density at radius 2 is 2.26 bits per heavy atom. The van der Waals surface area contributed by atoms with Crippen LogP contribution >= 0.6 is 15.9 Å². The molecule has 1 aliphatic carbocycles. The summed E-state index contributed by atoms with van der Waals surface area (Å²) in [4.78, 5) is 2.36. The maximum atomic E-state index is 6.58. The van der Waals surface area contributed by atoms with E-state index in [4.69, 9.17) is 5.73 Å². The third kappa shape index (κ3) is 4.59. The summed E-state index contributed by atoms with van der Waals surface area (Å²) < 4.78 is 1.15. The number of nitrogens with zero attached hydrogens (tertiary/aromatic N) is 1. The summed E-state index contributed by atoms with van der Waals surface area (Å²) in [5, 5.41) is 0. The third-order valence-corrected chi connectivity index (χ3v) is 4.55. The Morgan fingerprint density at radius 1 is 1.47 bits per heavy atom. The Bertz CT molecular complexity index is 421. The predicted molar refractivity (Wildman–Crippen MR) is 85.0 cm³/mol. The average Bonchev–Trinajstić information content (AvgIpc) is 2.27. The van der Waals surface area contributed by atoms with Gasteiger partial charge in [-0.2, -0.15) is 0 Å². The molecule has 2 unspecified atom stereocenters. The molecule has 0 amide bonds. The second-order valence-corrected chi connectivity index (χ2v) is 7.28. The number of likely N-dealkylation sites (N-methyl/N-ethyl adjacent to an activating group) is 1. The molecule has 0 bridgehead atoms. The van der Waals surface area contributed by atoms with Crippen LogP contribution in [0.5, 0.6) is 0 Å². The molecule has 2 atom stereocenters. The van der Waals surface area contributed by atoms with Gasteiger partial charge in [-0.3, -0.25) is 0 Å². The van der Waals surface area contributed by atoms with E-state index in [2.05, 4.69) is 59.1 Å². The number of hydrogen-bond donors (Lipinski definition) is 1. The highest BCUT2D eigenvalue weighted by atomic mass is 79.9.